The largest absolute Gasteiger partial charge is 0.420 e. The molecule has 0 spiro atoms. The molecule has 46 heavy (non-hydrogen) atoms. The van der Waals surface area contributed by atoms with Crippen LogP contribution in [0.15, 0.2) is 60.7 Å². The number of likely N-dealkylation sites (N-methyl/N-ethyl adjacent to an activating group) is 2. The number of carbonyl (C=O) groups excluding carboxylic acids is 2. The SMILES string of the molecule is CCN(CC)CCN(C)C(=O)c1ccc(Nc2nc(OC(=O)N(C)c3cc(Cl)cc(Cl)c3)cc(-c3ccc(C)c(C)c3C)n2)cc1. The first-order chi connectivity index (χ1) is 21.9. The van der Waals surface area contributed by atoms with Crippen molar-refractivity contribution in [2.24, 2.45) is 0 Å². The van der Waals surface area contributed by atoms with E-state index in [4.69, 9.17) is 32.9 Å². The third-order valence-corrected chi connectivity index (χ3v) is 8.55. The number of hydrogen-bond acceptors (Lipinski definition) is 7. The lowest BCUT2D eigenvalue weighted by atomic mass is 9.97. The summed E-state index contributed by atoms with van der Waals surface area (Å²) in [4.78, 5) is 40.8. The Morgan fingerprint density at radius 2 is 1.48 bits per heavy atom. The van der Waals surface area contributed by atoms with Crippen molar-refractivity contribution in [2.45, 2.75) is 34.6 Å². The average molecular weight is 664 g/mol. The van der Waals surface area contributed by atoms with Crippen LogP contribution >= 0.6 is 23.2 Å². The molecule has 0 unspecified atom stereocenters. The van der Waals surface area contributed by atoms with Gasteiger partial charge in [0.15, 0.2) is 0 Å². The number of carbonyl (C=O) groups is 2. The van der Waals surface area contributed by atoms with E-state index in [-0.39, 0.29) is 17.7 Å². The molecule has 0 fully saturated rings. The predicted molar refractivity (Wildman–Crippen MR) is 187 cm³/mol. The minimum Gasteiger partial charge on any atom is -0.391 e. The number of amides is 2. The summed E-state index contributed by atoms with van der Waals surface area (Å²) in [6, 6.07) is 17.6. The molecule has 242 valence electrons. The first-order valence-electron chi connectivity index (χ1n) is 15.1. The van der Waals surface area contributed by atoms with E-state index in [0.717, 1.165) is 41.9 Å². The molecule has 1 aromatic heterocycles. The Morgan fingerprint density at radius 3 is 2.11 bits per heavy atom. The van der Waals surface area contributed by atoms with Crippen LogP contribution in [-0.2, 0) is 0 Å². The zero-order valence-corrected chi connectivity index (χ0v) is 28.8. The second-order valence-electron chi connectivity index (χ2n) is 11.1. The normalized spacial score (nSPS) is 11.0. The second-order valence-corrected chi connectivity index (χ2v) is 12.0. The summed E-state index contributed by atoms with van der Waals surface area (Å²) in [5, 5.41) is 3.99. The van der Waals surface area contributed by atoms with Crippen LogP contribution in [0.4, 0.5) is 22.1 Å². The molecule has 2 amide bonds. The highest BCUT2D eigenvalue weighted by molar-refractivity contribution is 6.35. The third kappa shape index (κ3) is 8.54. The van der Waals surface area contributed by atoms with Crippen LogP contribution in [0.2, 0.25) is 10.0 Å². The van der Waals surface area contributed by atoms with Crippen molar-refractivity contribution >= 4 is 52.5 Å². The molecule has 4 rings (SSSR count). The van der Waals surface area contributed by atoms with Gasteiger partial charge in [-0.1, -0.05) is 49.2 Å². The minimum atomic E-state index is -0.682. The highest BCUT2D eigenvalue weighted by Gasteiger charge is 2.19. The molecule has 0 saturated carbocycles. The van der Waals surface area contributed by atoms with Gasteiger partial charge in [-0.05, 0) is 93.0 Å². The average Bonchev–Trinajstić information content (AvgIpc) is 3.03. The Kier molecular flexibility index (Phi) is 11.6. The standard InChI is InChI=1S/C35H40Cl2N6O3/c1-8-43(9-2)17-16-41(6)33(44)25-11-13-28(14-12-25)38-34-39-31(30-15-10-22(3)23(4)24(30)5)21-32(40-34)46-35(45)42(7)29-19-26(36)18-27(37)20-29/h10-15,18-21H,8-9,16-17H2,1-7H3,(H,38,39,40). The molecule has 1 N–H and O–H groups in total. The van der Waals surface area contributed by atoms with E-state index in [9.17, 15) is 9.59 Å². The lowest BCUT2D eigenvalue weighted by Gasteiger charge is -2.23. The molecule has 0 radical (unpaired) electrons. The highest BCUT2D eigenvalue weighted by Crippen LogP contribution is 2.31. The van der Waals surface area contributed by atoms with E-state index in [0.29, 0.717) is 39.2 Å². The Morgan fingerprint density at radius 1 is 0.826 bits per heavy atom. The van der Waals surface area contributed by atoms with Gasteiger partial charge in [0, 0.05) is 65.8 Å². The minimum absolute atomic E-state index is 0.0525. The number of anilines is 3. The number of halogens is 2. The summed E-state index contributed by atoms with van der Waals surface area (Å²) < 4.78 is 5.73. The van der Waals surface area contributed by atoms with E-state index >= 15 is 0 Å². The van der Waals surface area contributed by atoms with Crippen LogP contribution in [0.5, 0.6) is 5.88 Å². The summed E-state index contributed by atoms with van der Waals surface area (Å²) in [5.41, 5.74) is 6.53. The first kappa shape index (κ1) is 34.7. The molecular formula is C35H40Cl2N6O3. The van der Waals surface area contributed by atoms with Crippen molar-refractivity contribution in [1.29, 1.82) is 0 Å². The summed E-state index contributed by atoms with van der Waals surface area (Å²) in [7, 11) is 3.37. The van der Waals surface area contributed by atoms with Crippen LogP contribution in [-0.4, -0.2) is 72.0 Å². The molecular weight excluding hydrogens is 623 g/mol. The molecule has 4 aromatic rings. The summed E-state index contributed by atoms with van der Waals surface area (Å²) in [6.07, 6.45) is -0.682. The number of aryl methyl sites for hydroxylation is 1. The van der Waals surface area contributed by atoms with Gasteiger partial charge in [-0.3, -0.25) is 9.69 Å². The maximum absolute atomic E-state index is 13.2. The van der Waals surface area contributed by atoms with Gasteiger partial charge in [-0.25, -0.2) is 9.78 Å². The fraction of sp³-hybridized carbons (Fsp3) is 0.314. The lowest BCUT2D eigenvalue weighted by molar-refractivity contribution is 0.0779. The molecule has 3 aromatic carbocycles. The van der Waals surface area contributed by atoms with Crippen molar-refractivity contribution in [3.63, 3.8) is 0 Å². The topological polar surface area (TPSA) is 90.9 Å². The van der Waals surface area contributed by atoms with E-state index in [1.807, 2.05) is 26.1 Å². The monoisotopic (exact) mass is 662 g/mol. The van der Waals surface area contributed by atoms with E-state index < -0.39 is 6.09 Å². The zero-order valence-electron chi connectivity index (χ0n) is 27.3. The van der Waals surface area contributed by atoms with Crippen LogP contribution in [0.25, 0.3) is 11.3 Å². The maximum Gasteiger partial charge on any atom is 0.420 e. The second kappa shape index (κ2) is 15.4. The summed E-state index contributed by atoms with van der Waals surface area (Å²) >= 11 is 12.3. The highest BCUT2D eigenvalue weighted by atomic mass is 35.5. The third-order valence-electron chi connectivity index (χ3n) is 8.12. The molecule has 0 atom stereocenters. The maximum atomic E-state index is 13.2. The number of hydrogen-bond donors (Lipinski definition) is 1. The molecule has 9 nitrogen and oxygen atoms in total. The van der Waals surface area contributed by atoms with Gasteiger partial charge >= 0.3 is 6.09 Å². The molecule has 11 heteroatoms. The van der Waals surface area contributed by atoms with Crippen molar-refractivity contribution in [2.75, 3.05) is 50.5 Å². The fourth-order valence-corrected chi connectivity index (χ4v) is 5.39. The number of nitrogens with zero attached hydrogens (tertiary/aromatic N) is 5. The van der Waals surface area contributed by atoms with Gasteiger partial charge in [-0.2, -0.15) is 4.98 Å². The Bertz CT molecular complexity index is 1690. The summed E-state index contributed by atoms with van der Waals surface area (Å²) in [6.45, 7) is 13.7. The fourth-order valence-electron chi connectivity index (χ4n) is 4.88. The molecule has 1 heterocycles. The molecule has 0 bridgehead atoms. The molecule has 0 aliphatic carbocycles. The number of benzene rings is 3. The first-order valence-corrected chi connectivity index (χ1v) is 15.9. The zero-order chi connectivity index (χ0) is 33.5. The van der Waals surface area contributed by atoms with Crippen molar-refractivity contribution < 1.29 is 14.3 Å². The number of aromatic nitrogens is 2. The predicted octanol–water partition coefficient (Wildman–Crippen LogP) is 8.17. The van der Waals surface area contributed by atoms with Gasteiger partial charge in [-0.15, -0.1) is 0 Å². The molecule has 0 aliphatic rings. The Labute approximate surface area is 281 Å². The van der Waals surface area contributed by atoms with Gasteiger partial charge in [0.05, 0.1) is 5.69 Å². The van der Waals surface area contributed by atoms with E-state index in [1.54, 1.807) is 60.5 Å². The van der Waals surface area contributed by atoms with Crippen LogP contribution in [0.1, 0.15) is 40.9 Å². The lowest BCUT2D eigenvalue weighted by Crippen LogP contribution is -2.36. The number of rotatable bonds is 11. The van der Waals surface area contributed by atoms with Crippen molar-refractivity contribution in [1.82, 2.24) is 19.8 Å². The molecule has 0 saturated heterocycles. The van der Waals surface area contributed by atoms with Gasteiger partial charge in [0.25, 0.3) is 5.91 Å². The Hall–Kier alpha value is -4.18. The quantitative estimate of drug-likeness (QED) is 0.173. The smallest absolute Gasteiger partial charge is 0.391 e. The van der Waals surface area contributed by atoms with Crippen LogP contribution in [0.3, 0.4) is 0 Å². The number of nitrogens with one attached hydrogen (secondary N) is 1. The van der Waals surface area contributed by atoms with Gasteiger partial charge in [0.2, 0.25) is 11.8 Å². The van der Waals surface area contributed by atoms with Crippen LogP contribution in [0, 0.1) is 20.8 Å². The van der Waals surface area contributed by atoms with Gasteiger partial charge in [0.1, 0.15) is 0 Å². The van der Waals surface area contributed by atoms with E-state index in [1.165, 1.54) is 4.90 Å². The van der Waals surface area contributed by atoms with Crippen molar-refractivity contribution in [3.8, 4) is 17.1 Å². The van der Waals surface area contributed by atoms with Crippen LogP contribution < -0.4 is 15.0 Å². The number of ether oxygens (including phenoxy) is 1. The Balaban J connectivity index is 1.60. The van der Waals surface area contributed by atoms with E-state index in [2.05, 4.69) is 42.9 Å². The molecule has 0 aliphatic heterocycles. The van der Waals surface area contributed by atoms with Gasteiger partial charge < -0.3 is 19.9 Å². The summed E-state index contributed by atoms with van der Waals surface area (Å²) in [5.74, 6) is 0.222. The van der Waals surface area contributed by atoms with Crippen molar-refractivity contribution in [3.05, 3.63) is 93.0 Å².